The van der Waals surface area contributed by atoms with Gasteiger partial charge < -0.3 is 17.1 Å². The Bertz CT molecular complexity index is 649. The molecule has 2 fully saturated rings. The van der Waals surface area contributed by atoms with Crippen molar-refractivity contribution in [1.29, 1.82) is 5.41 Å². The molecule has 1 saturated heterocycles. The Morgan fingerprint density at radius 3 is 2.46 bits per heavy atom. The second kappa shape index (κ2) is 12.2. The zero-order chi connectivity index (χ0) is 18.5. The van der Waals surface area contributed by atoms with Crippen LogP contribution in [0.4, 0.5) is 0 Å². The minimum absolute atomic E-state index is 0. The third-order valence-corrected chi connectivity index (χ3v) is 6.92. The Morgan fingerprint density at radius 2 is 1.89 bits per heavy atom. The van der Waals surface area contributed by atoms with Gasteiger partial charge >= 0.3 is 31.1 Å². The fourth-order valence-electron chi connectivity index (χ4n) is 4.13. The summed E-state index contributed by atoms with van der Waals surface area (Å²) in [4.78, 5) is 25.4. The molecule has 4 nitrogen and oxygen atoms in total. The quantitative estimate of drug-likeness (QED) is 0.436. The van der Waals surface area contributed by atoms with Gasteiger partial charge in [0.15, 0.2) is 0 Å². The summed E-state index contributed by atoms with van der Waals surface area (Å²) in [6, 6.07) is 9.61. The van der Waals surface area contributed by atoms with Crippen LogP contribution in [-0.2, 0) is 9.59 Å². The van der Waals surface area contributed by atoms with Crippen molar-refractivity contribution < 1.29 is 40.7 Å². The molecule has 2 aliphatic rings. The van der Waals surface area contributed by atoms with Gasteiger partial charge in [-0.15, -0.1) is 11.8 Å². The monoisotopic (exact) mass is 624 g/mol. The molecule has 3 rings (SSSR count). The second-order valence-electron chi connectivity index (χ2n) is 7.46. The summed E-state index contributed by atoms with van der Waals surface area (Å²) in [5.41, 5.74) is 1.08. The van der Waals surface area contributed by atoms with E-state index < -0.39 is 6.04 Å². The smallest absolute Gasteiger partial charge is 0.540 e. The SMILES string of the molecule is CC(=O)CC1SC(c2ccccc2)N([C@H]([C-]=O)CC2CCCCC2)C1=N.[CH3-].[U+2]. The molecule has 1 saturated carbocycles. The van der Waals surface area contributed by atoms with Crippen molar-refractivity contribution in [2.45, 2.75) is 68.5 Å². The van der Waals surface area contributed by atoms with Crippen LogP contribution >= 0.6 is 11.8 Å². The predicted octanol–water partition coefficient (Wildman–Crippen LogP) is 4.96. The van der Waals surface area contributed by atoms with E-state index in [2.05, 4.69) is 6.29 Å². The first kappa shape index (κ1) is 25.5. The maximum absolute atomic E-state index is 11.9. The van der Waals surface area contributed by atoms with E-state index in [0.717, 1.165) is 12.0 Å². The van der Waals surface area contributed by atoms with Crippen LogP contribution in [0.3, 0.4) is 0 Å². The molecule has 0 aromatic heterocycles. The van der Waals surface area contributed by atoms with E-state index >= 15 is 0 Å². The molecule has 3 atom stereocenters. The maximum Gasteiger partial charge on any atom is 2.00 e. The van der Waals surface area contributed by atoms with Gasteiger partial charge in [-0.2, -0.15) is 0 Å². The number of amidine groups is 1. The van der Waals surface area contributed by atoms with Crippen molar-refractivity contribution in [3.05, 3.63) is 43.3 Å². The molecule has 1 heterocycles. The molecule has 28 heavy (non-hydrogen) atoms. The number of carbonyl (C=O) groups is 1. The number of ketones is 1. The molecule has 1 aromatic carbocycles. The van der Waals surface area contributed by atoms with Gasteiger partial charge in [-0.1, -0.05) is 74.9 Å². The molecule has 0 spiro atoms. The van der Waals surface area contributed by atoms with Crippen LogP contribution in [0.1, 0.15) is 62.8 Å². The van der Waals surface area contributed by atoms with Gasteiger partial charge in [0.1, 0.15) is 17.0 Å². The number of nitrogens with zero attached hydrogens (tertiary/aromatic N) is 1. The molecule has 0 bridgehead atoms. The van der Waals surface area contributed by atoms with E-state index in [4.69, 9.17) is 5.41 Å². The number of thioether (sulfide) groups is 1. The van der Waals surface area contributed by atoms with Gasteiger partial charge in [0.2, 0.25) is 0 Å². The molecule has 0 amide bonds. The minimum atomic E-state index is -0.403. The third kappa shape index (κ3) is 6.21. The third-order valence-electron chi connectivity index (χ3n) is 5.44. The molecule has 150 valence electrons. The number of Topliss-reactive ketones (excluding diaryl/α,β-unsaturated/α-hetero) is 1. The largest absolute Gasteiger partial charge is 2.00 e. The van der Waals surface area contributed by atoms with Crippen molar-refractivity contribution in [2.75, 3.05) is 0 Å². The molecular formula is C22H30N2O2SU. The van der Waals surface area contributed by atoms with Crippen molar-refractivity contribution >= 4 is 29.7 Å². The van der Waals surface area contributed by atoms with Crippen molar-refractivity contribution in [3.8, 4) is 0 Å². The first-order valence-electron chi connectivity index (χ1n) is 9.54. The van der Waals surface area contributed by atoms with E-state index in [1.807, 2.05) is 35.2 Å². The minimum Gasteiger partial charge on any atom is -0.540 e. The summed E-state index contributed by atoms with van der Waals surface area (Å²) in [5.74, 6) is 1.03. The Kier molecular flexibility index (Phi) is 11.1. The van der Waals surface area contributed by atoms with E-state index in [9.17, 15) is 9.59 Å². The van der Waals surface area contributed by atoms with Gasteiger partial charge in [0, 0.05) is 6.42 Å². The van der Waals surface area contributed by atoms with Crippen LogP contribution in [0.5, 0.6) is 0 Å². The average molecular weight is 625 g/mol. The van der Waals surface area contributed by atoms with Crippen LogP contribution < -0.4 is 0 Å². The van der Waals surface area contributed by atoms with Gasteiger partial charge in [-0.25, -0.2) is 6.29 Å². The fraction of sp³-hybridized carbons (Fsp3) is 0.545. The summed E-state index contributed by atoms with van der Waals surface area (Å²) in [6.45, 7) is 1.57. The van der Waals surface area contributed by atoms with E-state index in [1.165, 1.54) is 32.1 Å². The Hall–Kier alpha value is -0.568. The number of hydrogen-bond acceptors (Lipinski definition) is 4. The van der Waals surface area contributed by atoms with Crippen molar-refractivity contribution in [3.63, 3.8) is 0 Å². The Morgan fingerprint density at radius 1 is 1.25 bits per heavy atom. The first-order chi connectivity index (χ1) is 12.6. The first-order valence-corrected chi connectivity index (χ1v) is 10.5. The van der Waals surface area contributed by atoms with Gasteiger partial charge in [-0.3, -0.25) is 10.2 Å². The molecule has 1 aliphatic heterocycles. The number of nitrogens with one attached hydrogen (secondary N) is 1. The van der Waals surface area contributed by atoms with Crippen LogP contribution in [0.25, 0.3) is 0 Å². The van der Waals surface area contributed by atoms with Gasteiger partial charge in [-0.05, 0) is 18.4 Å². The predicted molar refractivity (Wildman–Crippen MR) is 113 cm³/mol. The van der Waals surface area contributed by atoms with Crippen LogP contribution in [0.2, 0.25) is 0 Å². The zero-order valence-electron chi connectivity index (χ0n) is 16.8. The molecule has 6 heteroatoms. The van der Waals surface area contributed by atoms with Crippen molar-refractivity contribution in [1.82, 2.24) is 4.90 Å². The summed E-state index contributed by atoms with van der Waals surface area (Å²) < 4.78 is 0. The molecule has 2 unspecified atom stereocenters. The molecule has 1 aliphatic carbocycles. The summed E-state index contributed by atoms with van der Waals surface area (Å²) in [5, 5.41) is 8.39. The van der Waals surface area contributed by atoms with Crippen molar-refractivity contribution in [2.24, 2.45) is 5.92 Å². The van der Waals surface area contributed by atoms with Gasteiger partial charge in [0.25, 0.3) is 0 Å². The second-order valence-corrected chi connectivity index (χ2v) is 8.75. The van der Waals surface area contributed by atoms with Crippen LogP contribution in [0.15, 0.2) is 30.3 Å². The Balaban J connectivity index is 0.00000196. The summed E-state index contributed by atoms with van der Waals surface area (Å²) in [7, 11) is 0. The van der Waals surface area contributed by atoms with Crippen LogP contribution in [0, 0.1) is 49.9 Å². The molecular weight excluding hydrogens is 594 g/mol. The topological polar surface area (TPSA) is 61.2 Å². The summed E-state index contributed by atoms with van der Waals surface area (Å²) in [6.07, 6.45) is 9.43. The number of benzene rings is 1. The number of rotatable bonds is 7. The van der Waals surface area contributed by atoms with E-state index in [-0.39, 0.29) is 54.9 Å². The molecule has 1 aromatic rings. The summed E-state index contributed by atoms with van der Waals surface area (Å²) >= 11 is 1.62. The maximum atomic E-state index is 11.9. The fourth-order valence-corrected chi connectivity index (χ4v) is 5.73. The zero-order valence-corrected chi connectivity index (χ0v) is 21.8. The Labute approximate surface area is 197 Å². The average Bonchev–Trinajstić information content (AvgIpc) is 2.97. The molecule has 0 radical (unpaired) electrons. The number of hydrogen-bond donors (Lipinski definition) is 1. The molecule has 1 N–H and O–H groups in total. The normalized spacial score (nSPS) is 23.5. The van der Waals surface area contributed by atoms with E-state index in [0.29, 0.717) is 18.2 Å². The standard InChI is InChI=1S/C21H27N2O2S.CH3.U/c1-15(25)12-19-20(22)23(21(26-19)17-10-6-3-7-11-17)18(14-24)13-16-8-4-2-5-9-16;;/h3,6-7,10-11,16,18-19,21-22H,2,4-5,8-9,12-13H2,1H3;1H3;/q2*-1;+2/t18-,19?,21?;;/m0../s1. The van der Waals surface area contributed by atoms with E-state index in [1.54, 1.807) is 18.7 Å². The van der Waals surface area contributed by atoms with Gasteiger partial charge in [0.05, 0.1) is 5.25 Å². The number of carbonyl (C=O) groups excluding carboxylic acids is 2. The van der Waals surface area contributed by atoms with Crippen LogP contribution in [-0.4, -0.2) is 34.1 Å².